The van der Waals surface area contributed by atoms with Gasteiger partial charge in [-0.3, -0.25) is 4.79 Å². The summed E-state index contributed by atoms with van der Waals surface area (Å²) in [4.78, 5) is 20.1. The Morgan fingerprint density at radius 2 is 1.68 bits per heavy atom. The van der Waals surface area contributed by atoms with E-state index in [2.05, 4.69) is 33.5 Å². The number of fused-ring (bicyclic) bond motifs is 1. The maximum absolute atomic E-state index is 12.7. The van der Waals surface area contributed by atoms with E-state index in [1.54, 1.807) is 6.33 Å². The Morgan fingerprint density at radius 3 is 2.46 bits per heavy atom. The molecule has 2 N–H and O–H groups in total. The molecule has 0 spiro atoms. The summed E-state index contributed by atoms with van der Waals surface area (Å²) >= 11 is 0. The molecule has 0 saturated carbocycles. The van der Waals surface area contributed by atoms with Gasteiger partial charge in [0.05, 0.1) is 23.4 Å². The fraction of sp³-hybridized carbons (Fsp3) is 0.167. The van der Waals surface area contributed by atoms with Gasteiger partial charge in [0, 0.05) is 6.42 Å². The lowest BCUT2D eigenvalue weighted by Crippen LogP contribution is -2.29. The lowest BCUT2D eigenvalue weighted by Gasteiger charge is -2.20. The van der Waals surface area contributed by atoms with Gasteiger partial charge in [-0.1, -0.05) is 66.7 Å². The standard InChI is InChI=1S/C24H23N3O/c28-23(13-7-10-18-8-3-1-4-9-18)27-24(19-11-5-2-6-12-19)20-14-15-21-22(16-20)26-17-25-21/h1-6,8-9,11-12,14-17,24H,7,10,13H2,(H,25,26)(H,27,28). The molecule has 0 saturated heterocycles. The molecule has 0 aliphatic heterocycles. The highest BCUT2D eigenvalue weighted by atomic mass is 16.1. The van der Waals surface area contributed by atoms with Crippen molar-refractivity contribution in [1.82, 2.24) is 15.3 Å². The second-order valence-corrected chi connectivity index (χ2v) is 6.93. The van der Waals surface area contributed by atoms with Crippen LogP contribution in [0.3, 0.4) is 0 Å². The molecule has 0 bridgehead atoms. The van der Waals surface area contributed by atoms with Crippen molar-refractivity contribution in [2.75, 3.05) is 0 Å². The molecule has 4 aromatic rings. The summed E-state index contributed by atoms with van der Waals surface area (Å²) in [6.45, 7) is 0. The van der Waals surface area contributed by atoms with Crippen LogP contribution < -0.4 is 5.32 Å². The molecular formula is C24H23N3O. The highest BCUT2D eigenvalue weighted by molar-refractivity contribution is 5.78. The maximum atomic E-state index is 12.7. The minimum Gasteiger partial charge on any atom is -0.345 e. The Labute approximate surface area is 164 Å². The normalized spacial score (nSPS) is 12.0. The fourth-order valence-electron chi connectivity index (χ4n) is 3.47. The Balaban J connectivity index is 1.48. The van der Waals surface area contributed by atoms with Gasteiger partial charge in [0.25, 0.3) is 0 Å². The molecule has 0 fully saturated rings. The van der Waals surface area contributed by atoms with E-state index in [9.17, 15) is 4.79 Å². The van der Waals surface area contributed by atoms with Crippen molar-refractivity contribution in [3.63, 3.8) is 0 Å². The molecule has 1 amide bonds. The molecule has 0 radical (unpaired) electrons. The van der Waals surface area contributed by atoms with Gasteiger partial charge in [0.15, 0.2) is 0 Å². The van der Waals surface area contributed by atoms with Crippen LogP contribution in [0.1, 0.15) is 35.6 Å². The van der Waals surface area contributed by atoms with Gasteiger partial charge in [-0.2, -0.15) is 0 Å². The first-order chi connectivity index (χ1) is 13.8. The summed E-state index contributed by atoms with van der Waals surface area (Å²) in [6, 6.07) is 26.3. The van der Waals surface area contributed by atoms with Crippen LogP contribution in [0.15, 0.2) is 85.2 Å². The van der Waals surface area contributed by atoms with Crippen LogP contribution in [0.25, 0.3) is 11.0 Å². The molecule has 0 aliphatic rings. The van der Waals surface area contributed by atoms with Crippen LogP contribution in [0.5, 0.6) is 0 Å². The van der Waals surface area contributed by atoms with Crippen LogP contribution in [-0.4, -0.2) is 15.9 Å². The van der Waals surface area contributed by atoms with Crippen molar-refractivity contribution in [2.24, 2.45) is 0 Å². The van der Waals surface area contributed by atoms with Gasteiger partial charge >= 0.3 is 0 Å². The van der Waals surface area contributed by atoms with Crippen LogP contribution >= 0.6 is 0 Å². The molecule has 1 heterocycles. The van der Waals surface area contributed by atoms with Crippen LogP contribution in [0, 0.1) is 0 Å². The predicted molar refractivity (Wildman–Crippen MR) is 112 cm³/mol. The maximum Gasteiger partial charge on any atom is 0.220 e. The third-order valence-electron chi connectivity index (χ3n) is 4.93. The Kier molecular flexibility index (Phi) is 5.48. The van der Waals surface area contributed by atoms with Crippen molar-refractivity contribution in [1.29, 1.82) is 0 Å². The second kappa shape index (κ2) is 8.53. The van der Waals surface area contributed by atoms with Gasteiger partial charge in [0.2, 0.25) is 5.91 Å². The van der Waals surface area contributed by atoms with Crippen LogP contribution in [-0.2, 0) is 11.2 Å². The molecule has 140 valence electrons. The zero-order chi connectivity index (χ0) is 19.2. The SMILES string of the molecule is O=C(CCCc1ccccc1)NC(c1ccccc1)c1ccc2nc[nH]c2c1. The summed E-state index contributed by atoms with van der Waals surface area (Å²) in [5.74, 6) is 0.0643. The zero-order valence-electron chi connectivity index (χ0n) is 15.6. The van der Waals surface area contributed by atoms with E-state index in [0.29, 0.717) is 6.42 Å². The Bertz CT molecular complexity index is 1040. The third kappa shape index (κ3) is 4.29. The van der Waals surface area contributed by atoms with Gasteiger partial charge in [0.1, 0.15) is 0 Å². The molecule has 1 atom stereocenters. The van der Waals surface area contributed by atoms with E-state index in [4.69, 9.17) is 0 Å². The van der Waals surface area contributed by atoms with Gasteiger partial charge in [-0.05, 0) is 41.7 Å². The minimum atomic E-state index is -0.182. The molecule has 1 aromatic heterocycles. The average Bonchev–Trinajstić information content (AvgIpc) is 3.21. The van der Waals surface area contributed by atoms with Crippen molar-refractivity contribution in [3.05, 3.63) is 102 Å². The zero-order valence-corrected chi connectivity index (χ0v) is 15.6. The second-order valence-electron chi connectivity index (χ2n) is 6.93. The van der Waals surface area contributed by atoms with Crippen LogP contribution in [0.4, 0.5) is 0 Å². The number of aromatic amines is 1. The molecule has 28 heavy (non-hydrogen) atoms. The summed E-state index contributed by atoms with van der Waals surface area (Å²) < 4.78 is 0. The third-order valence-corrected chi connectivity index (χ3v) is 4.93. The molecule has 1 unspecified atom stereocenters. The summed E-state index contributed by atoms with van der Waals surface area (Å²) in [5.41, 5.74) is 5.26. The van der Waals surface area contributed by atoms with Gasteiger partial charge in [-0.15, -0.1) is 0 Å². The fourth-order valence-corrected chi connectivity index (χ4v) is 3.47. The number of aryl methyl sites for hydroxylation is 1. The summed E-state index contributed by atoms with van der Waals surface area (Å²) in [7, 11) is 0. The lowest BCUT2D eigenvalue weighted by molar-refractivity contribution is -0.121. The number of imidazole rings is 1. The van der Waals surface area contributed by atoms with Crippen molar-refractivity contribution >= 4 is 16.9 Å². The molecular weight excluding hydrogens is 346 g/mol. The highest BCUT2D eigenvalue weighted by Gasteiger charge is 2.17. The smallest absolute Gasteiger partial charge is 0.220 e. The summed E-state index contributed by atoms with van der Waals surface area (Å²) in [6.07, 6.45) is 3.93. The number of rotatable bonds is 7. The number of nitrogens with zero attached hydrogens (tertiary/aromatic N) is 1. The van der Waals surface area contributed by atoms with Crippen LogP contribution in [0.2, 0.25) is 0 Å². The number of benzene rings is 3. The molecule has 4 rings (SSSR count). The largest absolute Gasteiger partial charge is 0.345 e. The van der Waals surface area contributed by atoms with Crippen molar-refractivity contribution in [3.8, 4) is 0 Å². The van der Waals surface area contributed by atoms with Crippen molar-refractivity contribution in [2.45, 2.75) is 25.3 Å². The Hall–Kier alpha value is -3.40. The first-order valence-corrected chi connectivity index (χ1v) is 9.61. The number of H-pyrrole nitrogens is 1. The van der Waals surface area contributed by atoms with E-state index < -0.39 is 0 Å². The topological polar surface area (TPSA) is 57.8 Å². The Morgan fingerprint density at radius 1 is 0.929 bits per heavy atom. The number of nitrogens with one attached hydrogen (secondary N) is 2. The summed E-state index contributed by atoms with van der Waals surface area (Å²) in [5, 5.41) is 3.22. The molecule has 3 aromatic carbocycles. The number of carbonyl (C=O) groups is 1. The first kappa shape index (κ1) is 18.0. The predicted octanol–water partition coefficient (Wildman–Crippen LogP) is 4.79. The van der Waals surface area contributed by atoms with Gasteiger partial charge < -0.3 is 10.3 Å². The lowest BCUT2D eigenvalue weighted by atomic mass is 9.98. The van der Waals surface area contributed by atoms with E-state index >= 15 is 0 Å². The number of carbonyl (C=O) groups excluding carboxylic acids is 1. The van der Waals surface area contributed by atoms with E-state index in [0.717, 1.165) is 35.0 Å². The monoisotopic (exact) mass is 369 g/mol. The number of amides is 1. The van der Waals surface area contributed by atoms with E-state index in [1.807, 2.05) is 60.7 Å². The van der Waals surface area contributed by atoms with E-state index in [1.165, 1.54) is 5.56 Å². The van der Waals surface area contributed by atoms with Gasteiger partial charge in [-0.25, -0.2) is 4.98 Å². The van der Waals surface area contributed by atoms with E-state index in [-0.39, 0.29) is 11.9 Å². The minimum absolute atomic E-state index is 0.0643. The van der Waals surface area contributed by atoms with Crippen molar-refractivity contribution < 1.29 is 4.79 Å². The molecule has 0 aliphatic carbocycles. The molecule has 4 heteroatoms. The quantitative estimate of drug-likeness (QED) is 0.492. The number of hydrogen-bond donors (Lipinski definition) is 2. The highest BCUT2D eigenvalue weighted by Crippen LogP contribution is 2.25. The average molecular weight is 369 g/mol. The molecule has 4 nitrogen and oxygen atoms in total. The first-order valence-electron chi connectivity index (χ1n) is 9.61. The number of hydrogen-bond acceptors (Lipinski definition) is 2. The number of aromatic nitrogens is 2.